The average Bonchev–Trinajstić information content (AvgIpc) is 3.06. The quantitative estimate of drug-likeness (QED) is 0.361. The zero-order valence-electron chi connectivity index (χ0n) is 15.2. The molecular formula is C24H18F3N. The Hall–Kier alpha value is -3.27. The monoisotopic (exact) mass is 377 g/mol. The van der Waals surface area contributed by atoms with E-state index in [1.54, 1.807) is 12.1 Å². The zero-order chi connectivity index (χ0) is 19.7. The van der Waals surface area contributed by atoms with E-state index in [-0.39, 0.29) is 0 Å². The van der Waals surface area contributed by atoms with Gasteiger partial charge in [-0.25, -0.2) is 0 Å². The molecule has 0 amide bonds. The van der Waals surface area contributed by atoms with Gasteiger partial charge in [0.15, 0.2) is 0 Å². The van der Waals surface area contributed by atoms with E-state index >= 15 is 0 Å². The Bertz CT molecular complexity index is 1080. The predicted octanol–water partition coefficient (Wildman–Crippen LogP) is 7.04. The summed E-state index contributed by atoms with van der Waals surface area (Å²) in [6.45, 7) is 0. The van der Waals surface area contributed by atoms with E-state index in [9.17, 15) is 13.2 Å². The molecule has 0 atom stereocenters. The fourth-order valence-corrected chi connectivity index (χ4v) is 3.53. The molecule has 28 heavy (non-hydrogen) atoms. The van der Waals surface area contributed by atoms with E-state index in [2.05, 4.69) is 0 Å². The number of alkyl halides is 3. The van der Waals surface area contributed by atoms with Gasteiger partial charge in [-0.2, -0.15) is 13.2 Å². The summed E-state index contributed by atoms with van der Waals surface area (Å²) in [6.07, 6.45) is -2.31. The first kappa shape index (κ1) is 18.1. The molecule has 0 spiro atoms. The van der Waals surface area contributed by atoms with Crippen molar-refractivity contribution in [2.24, 2.45) is 7.05 Å². The Labute approximate surface area is 161 Å². The van der Waals surface area contributed by atoms with Crippen LogP contribution >= 0.6 is 0 Å². The van der Waals surface area contributed by atoms with E-state index in [1.165, 1.54) is 0 Å². The summed E-state index contributed by atoms with van der Waals surface area (Å²) in [7, 11) is 1.92. The highest BCUT2D eigenvalue weighted by atomic mass is 19.4. The van der Waals surface area contributed by atoms with E-state index in [0.29, 0.717) is 0 Å². The highest BCUT2D eigenvalue weighted by Gasteiger charge is 2.30. The Balaban J connectivity index is 1.94. The number of aromatic nitrogens is 1. The largest absolute Gasteiger partial charge is 0.416 e. The molecule has 0 saturated heterocycles. The maximum absolute atomic E-state index is 13.0. The standard InChI is InChI=1S/C24H18F3N/c1-28-16-21(17-8-4-2-5-9-17)22(18-10-6-3-7-11-18)23(28)19-12-14-20(15-13-19)24(25,26)27/h2-16H,1H3. The van der Waals surface area contributed by atoms with E-state index in [4.69, 9.17) is 0 Å². The van der Waals surface area contributed by atoms with E-state index in [1.807, 2.05) is 78.5 Å². The molecule has 140 valence electrons. The Morgan fingerprint density at radius 2 is 1.18 bits per heavy atom. The van der Waals surface area contributed by atoms with Crippen molar-refractivity contribution in [2.75, 3.05) is 0 Å². The summed E-state index contributed by atoms with van der Waals surface area (Å²) in [6, 6.07) is 25.3. The zero-order valence-corrected chi connectivity index (χ0v) is 15.2. The fourth-order valence-electron chi connectivity index (χ4n) is 3.53. The third-order valence-corrected chi connectivity index (χ3v) is 4.81. The van der Waals surface area contributed by atoms with Gasteiger partial charge in [0.1, 0.15) is 0 Å². The lowest BCUT2D eigenvalue weighted by Gasteiger charge is -2.12. The highest BCUT2D eigenvalue weighted by molar-refractivity contribution is 5.94. The minimum absolute atomic E-state index is 0.644. The Morgan fingerprint density at radius 1 is 0.643 bits per heavy atom. The summed E-state index contributed by atoms with van der Waals surface area (Å²) in [5.74, 6) is 0. The molecule has 4 aromatic rings. The number of hydrogen-bond donors (Lipinski definition) is 0. The molecule has 0 N–H and O–H groups in total. The first-order chi connectivity index (χ1) is 13.4. The van der Waals surface area contributed by atoms with Crippen LogP contribution in [-0.4, -0.2) is 4.57 Å². The Morgan fingerprint density at radius 3 is 1.71 bits per heavy atom. The summed E-state index contributed by atoms with van der Waals surface area (Å²) in [5.41, 5.74) is 5.13. The van der Waals surface area contributed by atoms with Gasteiger partial charge in [-0.3, -0.25) is 0 Å². The van der Waals surface area contributed by atoms with Crippen molar-refractivity contribution in [3.8, 4) is 33.5 Å². The number of halogens is 3. The number of aryl methyl sites for hydroxylation is 1. The van der Waals surface area contributed by atoms with Crippen molar-refractivity contribution in [2.45, 2.75) is 6.18 Å². The third kappa shape index (κ3) is 3.33. The molecule has 0 aliphatic rings. The molecule has 0 aliphatic carbocycles. The number of rotatable bonds is 3. The average molecular weight is 377 g/mol. The van der Waals surface area contributed by atoms with Gasteiger partial charge in [-0.05, 0) is 28.8 Å². The van der Waals surface area contributed by atoms with Crippen molar-refractivity contribution in [1.29, 1.82) is 0 Å². The van der Waals surface area contributed by atoms with Crippen LogP contribution in [0.15, 0.2) is 91.1 Å². The van der Waals surface area contributed by atoms with Gasteiger partial charge >= 0.3 is 6.18 Å². The second kappa shape index (κ2) is 7.04. The molecule has 0 fully saturated rings. The summed E-state index contributed by atoms with van der Waals surface area (Å²) < 4.78 is 40.9. The van der Waals surface area contributed by atoms with E-state index in [0.717, 1.165) is 45.6 Å². The maximum atomic E-state index is 13.0. The van der Waals surface area contributed by atoms with Crippen LogP contribution in [0.25, 0.3) is 33.5 Å². The van der Waals surface area contributed by atoms with Gasteiger partial charge in [-0.15, -0.1) is 0 Å². The van der Waals surface area contributed by atoms with Crippen LogP contribution in [0.4, 0.5) is 13.2 Å². The number of nitrogens with zero attached hydrogens (tertiary/aromatic N) is 1. The van der Waals surface area contributed by atoms with Crippen LogP contribution in [0.3, 0.4) is 0 Å². The number of hydrogen-bond acceptors (Lipinski definition) is 0. The van der Waals surface area contributed by atoms with Crippen molar-refractivity contribution in [3.63, 3.8) is 0 Å². The molecule has 0 unspecified atom stereocenters. The number of benzene rings is 3. The van der Waals surface area contributed by atoms with Crippen LogP contribution in [0, 0.1) is 0 Å². The van der Waals surface area contributed by atoms with Gasteiger partial charge in [0, 0.05) is 24.4 Å². The molecule has 0 radical (unpaired) electrons. The molecule has 4 rings (SSSR count). The summed E-state index contributed by atoms with van der Waals surface area (Å²) in [4.78, 5) is 0. The van der Waals surface area contributed by atoms with Gasteiger partial charge in [0.2, 0.25) is 0 Å². The predicted molar refractivity (Wildman–Crippen MR) is 107 cm³/mol. The maximum Gasteiger partial charge on any atom is 0.416 e. The van der Waals surface area contributed by atoms with Gasteiger partial charge < -0.3 is 4.57 Å². The van der Waals surface area contributed by atoms with Crippen molar-refractivity contribution >= 4 is 0 Å². The minimum atomic E-state index is -4.34. The summed E-state index contributed by atoms with van der Waals surface area (Å²) in [5, 5.41) is 0. The lowest BCUT2D eigenvalue weighted by Crippen LogP contribution is -2.04. The van der Waals surface area contributed by atoms with Gasteiger partial charge in [0.05, 0.1) is 11.3 Å². The SMILES string of the molecule is Cn1cc(-c2ccccc2)c(-c2ccccc2)c1-c1ccc(C(F)(F)F)cc1. The van der Waals surface area contributed by atoms with Crippen LogP contribution < -0.4 is 0 Å². The van der Waals surface area contributed by atoms with Crippen LogP contribution in [0.5, 0.6) is 0 Å². The molecule has 1 heterocycles. The Kier molecular flexibility index (Phi) is 4.55. The molecule has 0 aliphatic heterocycles. The fraction of sp³-hybridized carbons (Fsp3) is 0.0833. The normalized spacial score (nSPS) is 11.6. The van der Waals surface area contributed by atoms with Crippen LogP contribution in [0.2, 0.25) is 0 Å². The molecule has 1 aromatic heterocycles. The minimum Gasteiger partial charge on any atom is -0.349 e. The molecule has 4 heteroatoms. The molecule has 0 saturated carbocycles. The van der Waals surface area contributed by atoms with Crippen LogP contribution in [-0.2, 0) is 13.2 Å². The smallest absolute Gasteiger partial charge is 0.349 e. The second-order valence-corrected chi connectivity index (χ2v) is 6.68. The highest BCUT2D eigenvalue weighted by Crippen LogP contribution is 2.42. The summed E-state index contributed by atoms with van der Waals surface area (Å²) >= 11 is 0. The molecule has 3 aromatic carbocycles. The van der Waals surface area contributed by atoms with E-state index < -0.39 is 11.7 Å². The van der Waals surface area contributed by atoms with Gasteiger partial charge in [-0.1, -0.05) is 72.8 Å². The van der Waals surface area contributed by atoms with Crippen molar-refractivity contribution in [3.05, 3.63) is 96.7 Å². The first-order valence-electron chi connectivity index (χ1n) is 8.93. The second-order valence-electron chi connectivity index (χ2n) is 6.68. The van der Waals surface area contributed by atoms with Crippen molar-refractivity contribution in [1.82, 2.24) is 4.57 Å². The molecule has 0 bridgehead atoms. The lowest BCUT2D eigenvalue weighted by molar-refractivity contribution is -0.137. The van der Waals surface area contributed by atoms with Gasteiger partial charge in [0.25, 0.3) is 0 Å². The first-order valence-corrected chi connectivity index (χ1v) is 8.93. The molecule has 1 nitrogen and oxygen atoms in total. The van der Waals surface area contributed by atoms with Crippen molar-refractivity contribution < 1.29 is 13.2 Å². The third-order valence-electron chi connectivity index (χ3n) is 4.81. The lowest BCUT2D eigenvalue weighted by atomic mass is 9.94. The topological polar surface area (TPSA) is 4.93 Å². The van der Waals surface area contributed by atoms with Crippen LogP contribution in [0.1, 0.15) is 5.56 Å². The molecular weight excluding hydrogens is 359 g/mol.